The van der Waals surface area contributed by atoms with Gasteiger partial charge < -0.3 is 15.4 Å². The number of aromatic nitrogens is 1. The van der Waals surface area contributed by atoms with Crippen LogP contribution in [0.1, 0.15) is 28.9 Å². The van der Waals surface area contributed by atoms with Gasteiger partial charge in [-0.1, -0.05) is 0 Å². The monoisotopic (exact) mass is 263 g/mol. The molecule has 5 heteroatoms. The molecule has 0 saturated carbocycles. The molecule has 1 unspecified atom stereocenters. The van der Waals surface area contributed by atoms with E-state index in [0.29, 0.717) is 23.8 Å². The summed E-state index contributed by atoms with van der Waals surface area (Å²) in [6, 6.07) is 3.56. The van der Waals surface area contributed by atoms with Gasteiger partial charge in [-0.3, -0.25) is 4.79 Å². The average molecular weight is 263 g/mol. The summed E-state index contributed by atoms with van der Waals surface area (Å²) in [7, 11) is 1.79. The van der Waals surface area contributed by atoms with E-state index in [1.807, 2.05) is 6.92 Å². The highest BCUT2D eigenvalue weighted by Gasteiger charge is 2.15. The van der Waals surface area contributed by atoms with Crippen molar-refractivity contribution < 1.29 is 9.53 Å². The van der Waals surface area contributed by atoms with Gasteiger partial charge in [0.25, 0.3) is 5.91 Å². The Morgan fingerprint density at radius 3 is 3.05 bits per heavy atom. The summed E-state index contributed by atoms with van der Waals surface area (Å²) < 4.78 is 5.40. The number of nitrogens with one attached hydrogen (secondary N) is 2. The standard InChI is InChI=1S/C14H21N3O2/c1-10-6-12(7-13(15-2)17-10)14(18)16-8-11-4-3-5-19-9-11/h6-7,11H,3-5,8-9H2,1-2H3,(H,15,17)(H,16,18). The van der Waals surface area contributed by atoms with Crippen molar-refractivity contribution in [3.05, 3.63) is 23.4 Å². The van der Waals surface area contributed by atoms with Crippen LogP contribution in [0.15, 0.2) is 12.1 Å². The summed E-state index contributed by atoms with van der Waals surface area (Å²) in [6.07, 6.45) is 2.20. The maximum absolute atomic E-state index is 12.1. The number of anilines is 1. The topological polar surface area (TPSA) is 63.2 Å². The quantitative estimate of drug-likeness (QED) is 0.866. The summed E-state index contributed by atoms with van der Waals surface area (Å²) in [5.41, 5.74) is 1.48. The fourth-order valence-electron chi connectivity index (χ4n) is 2.24. The van der Waals surface area contributed by atoms with Gasteiger partial charge >= 0.3 is 0 Å². The van der Waals surface area contributed by atoms with Gasteiger partial charge in [-0.2, -0.15) is 0 Å². The molecule has 2 rings (SSSR count). The average Bonchev–Trinajstić information content (AvgIpc) is 2.45. The lowest BCUT2D eigenvalue weighted by atomic mass is 10.0. The first-order chi connectivity index (χ1) is 9.19. The first-order valence-electron chi connectivity index (χ1n) is 6.71. The molecule has 1 aromatic rings. The van der Waals surface area contributed by atoms with Crippen molar-refractivity contribution >= 4 is 11.7 Å². The largest absolute Gasteiger partial charge is 0.381 e. The zero-order chi connectivity index (χ0) is 13.7. The van der Waals surface area contributed by atoms with Gasteiger partial charge in [-0.05, 0) is 37.8 Å². The molecule has 2 N–H and O–H groups in total. The molecule has 5 nitrogen and oxygen atoms in total. The highest BCUT2D eigenvalue weighted by Crippen LogP contribution is 2.13. The van der Waals surface area contributed by atoms with Gasteiger partial charge in [0.15, 0.2) is 0 Å². The molecule has 0 bridgehead atoms. The number of aryl methyl sites for hydroxylation is 1. The molecule has 19 heavy (non-hydrogen) atoms. The zero-order valence-electron chi connectivity index (χ0n) is 11.5. The van der Waals surface area contributed by atoms with E-state index in [1.165, 1.54) is 0 Å². The Labute approximate surface area is 113 Å². The van der Waals surface area contributed by atoms with Crippen LogP contribution in [0.4, 0.5) is 5.82 Å². The van der Waals surface area contributed by atoms with E-state index in [-0.39, 0.29) is 5.91 Å². The molecule has 2 heterocycles. The zero-order valence-corrected chi connectivity index (χ0v) is 11.5. The van der Waals surface area contributed by atoms with Crippen LogP contribution in [0.5, 0.6) is 0 Å². The number of amides is 1. The third-order valence-corrected chi connectivity index (χ3v) is 3.28. The van der Waals surface area contributed by atoms with Crippen LogP contribution in [0.3, 0.4) is 0 Å². The highest BCUT2D eigenvalue weighted by atomic mass is 16.5. The fourth-order valence-corrected chi connectivity index (χ4v) is 2.24. The number of nitrogens with zero attached hydrogens (tertiary/aromatic N) is 1. The predicted octanol–water partition coefficient (Wildman–Crippen LogP) is 1.59. The van der Waals surface area contributed by atoms with E-state index in [4.69, 9.17) is 4.74 Å². The van der Waals surface area contributed by atoms with E-state index in [1.54, 1.807) is 19.2 Å². The smallest absolute Gasteiger partial charge is 0.251 e. The molecule has 0 radical (unpaired) electrons. The van der Waals surface area contributed by atoms with Crippen molar-refractivity contribution in [3.63, 3.8) is 0 Å². The van der Waals surface area contributed by atoms with E-state index in [0.717, 1.165) is 31.7 Å². The molecule has 0 aromatic carbocycles. The number of carbonyl (C=O) groups is 1. The lowest BCUT2D eigenvalue weighted by molar-refractivity contribution is 0.0536. The lowest BCUT2D eigenvalue weighted by Crippen LogP contribution is -2.33. The Morgan fingerprint density at radius 1 is 1.53 bits per heavy atom. The van der Waals surface area contributed by atoms with Crippen molar-refractivity contribution in [2.75, 3.05) is 32.1 Å². The maximum Gasteiger partial charge on any atom is 0.251 e. The molecule has 1 aliphatic rings. The van der Waals surface area contributed by atoms with Crippen LogP contribution in [-0.4, -0.2) is 37.7 Å². The van der Waals surface area contributed by atoms with E-state index in [9.17, 15) is 4.79 Å². The SMILES string of the molecule is CNc1cc(C(=O)NCC2CCCOC2)cc(C)n1. The maximum atomic E-state index is 12.1. The molecule has 1 fully saturated rings. The number of ether oxygens (including phenoxy) is 1. The molecule has 1 amide bonds. The summed E-state index contributed by atoms with van der Waals surface area (Å²) in [4.78, 5) is 16.4. The third-order valence-electron chi connectivity index (χ3n) is 3.28. The van der Waals surface area contributed by atoms with Gasteiger partial charge in [0, 0.05) is 31.5 Å². The Morgan fingerprint density at radius 2 is 2.37 bits per heavy atom. The molecule has 1 saturated heterocycles. The minimum Gasteiger partial charge on any atom is -0.381 e. The van der Waals surface area contributed by atoms with Crippen LogP contribution < -0.4 is 10.6 Å². The first kappa shape index (κ1) is 13.8. The predicted molar refractivity (Wildman–Crippen MR) is 74.4 cm³/mol. The molecule has 1 aromatic heterocycles. The van der Waals surface area contributed by atoms with Crippen LogP contribution in [0.2, 0.25) is 0 Å². The Balaban J connectivity index is 1.93. The molecule has 1 atom stereocenters. The van der Waals surface area contributed by atoms with Gasteiger partial charge in [-0.15, -0.1) is 0 Å². The molecule has 0 spiro atoms. The first-order valence-corrected chi connectivity index (χ1v) is 6.71. The fraction of sp³-hybridized carbons (Fsp3) is 0.571. The number of hydrogen-bond donors (Lipinski definition) is 2. The van der Waals surface area contributed by atoms with E-state index < -0.39 is 0 Å². The minimum absolute atomic E-state index is 0.0485. The number of hydrogen-bond acceptors (Lipinski definition) is 4. The van der Waals surface area contributed by atoms with Crippen LogP contribution >= 0.6 is 0 Å². The number of pyridine rings is 1. The number of rotatable bonds is 4. The van der Waals surface area contributed by atoms with Gasteiger partial charge in [0.1, 0.15) is 5.82 Å². The van der Waals surface area contributed by atoms with Gasteiger partial charge in [0.2, 0.25) is 0 Å². The Hall–Kier alpha value is -1.62. The van der Waals surface area contributed by atoms with Crippen molar-refractivity contribution in [2.24, 2.45) is 5.92 Å². The lowest BCUT2D eigenvalue weighted by Gasteiger charge is -2.22. The van der Waals surface area contributed by atoms with E-state index >= 15 is 0 Å². The number of carbonyl (C=O) groups excluding carboxylic acids is 1. The van der Waals surface area contributed by atoms with E-state index in [2.05, 4.69) is 15.6 Å². The molecule has 0 aliphatic carbocycles. The Bertz CT molecular complexity index is 442. The van der Waals surface area contributed by atoms with Gasteiger partial charge in [0.05, 0.1) is 6.61 Å². The summed E-state index contributed by atoms with van der Waals surface area (Å²) in [5, 5.41) is 5.93. The second-order valence-corrected chi connectivity index (χ2v) is 4.93. The van der Waals surface area contributed by atoms with Crippen molar-refractivity contribution in [3.8, 4) is 0 Å². The second-order valence-electron chi connectivity index (χ2n) is 4.93. The summed E-state index contributed by atoms with van der Waals surface area (Å²) in [6.45, 7) is 4.15. The molecular weight excluding hydrogens is 242 g/mol. The minimum atomic E-state index is -0.0485. The van der Waals surface area contributed by atoms with Crippen LogP contribution in [-0.2, 0) is 4.74 Å². The van der Waals surface area contributed by atoms with Crippen molar-refractivity contribution in [1.29, 1.82) is 0 Å². The van der Waals surface area contributed by atoms with Crippen molar-refractivity contribution in [2.45, 2.75) is 19.8 Å². The van der Waals surface area contributed by atoms with Crippen LogP contribution in [0.25, 0.3) is 0 Å². The third kappa shape index (κ3) is 3.92. The molecule has 1 aliphatic heterocycles. The molecular formula is C14H21N3O2. The Kier molecular flexibility index (Phi) is 4.74. The van der Waals surface area contributed by atoms with Crippen LogP contribution in [0, 0.1) is 12.8 Å². The molecule has 104 valence electrons. The summed E-state index contributed by atoms with van der Waals surface area (Å²) >= 11 is 0. The van der Waals surface area contributed by atoms with Gasteiger partial charge in [-0.25, -0.2) is 4.98 Å². The second kappa shape index (κ2) is 6.52. The summed E-state index contributed by atoms with van der Waals surface area (Å²) in [5.74, 6) is 1.10. The highest BCUT2D eigenvalue weighted by molar-refractivity contribution is 5.95. The normalized spacial score (nSPS) is 18.9. The van der Waals surface area contributed by atoms with Crippen molar-refractivity contribution in [1.82, 2.24) is 10.3 Å².